The van der Waals surface area contributed by atoms with Gasteiger partial charge in [0, 0.05) is 10.5 Å². The predicted molar refractivity (Wildman–Crippen MR) is 86.3 cm³/mol. The highest BCUT2D eigenvalue weighted by molar-refractivity contribution is 9.09. The Labute approximate surface area is 142 Å². The number of anilines is 1. The molecule has 2 nitrogen and oxygen atoms in total. The van der Waals surface area contributed by atoms with Crippen molar-refractivity contribution in [1.29, 1.82) is 0 Å². The van der Waals surface area contributed by atoms with E-state index in [-0.39, 0.29) is 27.3 Å². The van der Waals surface area contributed by atoms with Gasteiger partial charge in [-0.1, -0.05) is 42.8 Å². The highest BCUT2D eigenvalue weighted by atomic mass is 79.9. The largest absolute Gasteiger partial charge is 0.416 e. The SMILES string of the molecule is CC1(C)[C@]2(C)CC[C@@]1(C(=O)Nc1cccc(C(F)(F)F)c1)[C@@H]2Br. The summed E-state index contributed by atoms with van der Waals surface area (Å²) in [5.74, 6) is -0.196. The maximum absolute atomic E-state index is 12.9. The van der Waals surface area contributed by atoms with Crippen molar-refractivity contribution in [2.24, 2.45) is 16.2 Å². The second kappa shape index (κ2) is 4.74. The third-order valence-electron chi connectivity index (χ3n) is 6.43. The van der Waals surface area contributed by atoms with Gasteiger partial charge in [0.1, 0.15) is 0 Å². The summed E-state index contributed by atoms with van der Waals surface area (Å²) in [5.41, 5.74) is -1.30. The maximum Gasteiger partial charge on any atom is 0.416 e. The number of rotatable bonds is 2. The lowest BCUT2D eigenvalue weighted by atomic mass is 9.43. The van der Waals surface area contributed by atoms with Gasteiger partial charge in [-0.25, -0.2) is 0 Å². The van der Waals surface area contributed by atoms with Crippen LogP contribution in [-0.4, -0.2) is 10.7 Å². The Kier molecular flexibility index (Phi) is 3.47. The number of fused-ring (bicyclic) bond motifs is 1. The summed E-state index contributed by atoms with van der Waals surface area (Å²) >= 11 is 3.66. The second-order valence-corrected chi connectivity index (χ2v) is 8.32. The summed E-state index contributed by atoms with van der Waals surface area (Å²) in [6.07, 6.45) is -2.73. The van der Waals surface area contributed by atoms with Crippen molar-refractivity contribution in [2.45, 2.75) is 44.6 Å². The Morgan fingerprint density at radius 3 is 2.39 bits per heavy atom. The highest BCUT2D eigenvalue weighted by Gasteiger charge is 2.80. The number of nitrogens with one attached hydrogen (secondary N) is 1. The molecule has 2 bridgehead atoms. The Morgan fingerprint density at radius 1 is 1.26 bits per heavy atom. The first kappa shape index (κ1) is 16.8. The Balaban J connectivity index is 1.87. The van der Waals surface area contributed by atoms with Gasteiger partial charge < -0.3 is 5.32 Å². The highest BCUT2D eigenvalue weighted by Crippen LogP contribution is 2.79. The first-order chi connectivity index (χ1) is 10.5. The van der Waals surface area contributed by atoms with Crippen molar-refractivity contribution >= 4 is 27.5 Å². The molecule has 1 N–H and O–H groups in total. The summed E-state index contributed by atoms with van der Waals surface area (Å²) in [4.78, 5) is 12.9. The third kappa shape index (κ3) is 1.96. The van der Waals surface area contributed by atoms with Gasteiger partial charge in [-0.15, -0.1) is 0 Å². The predicted octanol–water partition coefficient (Wildman–Crippen LogP) is 5.23. The van der Waals surface area contributed by atoms with Gasteiger partial charge in [0.2, 0.25) is 5.91 Å². The molecule has 3 saturated carbocycles. The van der Waals surface area contributed by atoms with E-state index in [1.54, 1.807) is 0 Å². The molecule has 0 radical (unpaired) electrons. The summed E-state index contributed by atoms with van der Waals surface area (Å²) < 4.78 is 38.4. The molecule has 3 aliphatic rings. The van der Waals surface area contributed by atoms with Gasteiger partial charge in [-0.2, -0.15) is 13.2 Å². The van der Waals surface area contributed by atoms with E-state index < -0.39 is 17.2 Å². The van der Waals surface area contributed by atoms with E-state index in [9.17, 15) is 18.0 Å². The molecule has 1 aromatic rings. The number of hydrogen-bond acceptors (Lipinski definition) is 1. The van der Waals surface area contributed by atoms with Crippen molar-refractivity contribution < 1.29 is 18.0 Å². The molecule has 126 valence electrons. The van der Waals surface area contributed by atoms with Crippen LogP contribution in [0, 0.1) is 16.2 Å². The molecule has 4 rings (SSSR count). The molecular weight excluding hydrogens is 371 g/mol. The Hall–Kier alpha value is -1.04. The second-order valence-electron chi connectivity index (χ2n) is 7.41. The summed E-state index contributed by atoms with van der Waals surface area (Å²) in [7, 11) is 0. The minimum absolute atomic E-state index is 0.0398. The monoisotopic (exact) mass is 389 g/mol. The van der Waals surface area contributed by atoms with Gasteiger partial charge >= 0.3 is 6.18 Å². The van der Waals surface area contributed by atoms with Crippen molar-refractivity contribution in [2.75, 3.05) is 5.32 Å². The molecule has 6 heteroatoms. The van der Waals surface area contributed by atoms with Crippen LogP contribution in [0.5, 0.6) is 0 Å². The van der Waals surface area contributed by atoms with Gasteiger partial charge in [-0.3, -0.25) is 4.79 Å². The lowest BCUT2D eigenvalue weighted by Crippen LogP contribution is -2.68. The Bertz CT molecular complexity index is 672. The van der Waals surface area contributed by atoms with E-state index in [1.807, 2.05) is 0 Å². The van der Waals surface area contributed by atoms with Crippen molar-refractivity contribution in [3.8, 4) is 0 Å². The fourth-order valence-corrected chi connectivity index (χ4v) is 6.28. The molecule has 3 aliphatic carbocycles. The quantitative estimate of drug-likeness (QED) is 0.689. The first-order valence-electron chi connectivity index (χ1n) is 7.60. The van der Waals surface area contributed by atoms with E-state index in [0.717, 1.165) is 25.0 Å². The van der Waals surface area contributed by atoms with Crippen LogP contribution in [0.3, 0.4) is 0 Å². The molecular formula is C17H19BrF3NO. The van der Waals surface area contributed by atoms with Crippen LogP contribution in [0.1, 0.15) is 39.2 Å². The number of carbonyl (C=O) groups is 1. The molecule has 0 aromatic heterocycles. The zero-order valence-corrected chi connectivity index (χ0v) is 14.8. The van der Waals surface area contributed by atoms with Crippen LogP contribution in [0.2, 0.25) is 0 Å². The smallest absolute Gasteiger partial charge is 0.326 e. The maximum atomic E-state index is 12.9. The van der Waals surface area contributed by atoms with E-state index in [0.29, 0.717) is 0 Å². The van der Waals surface area contributed by atoms with E-state index in [1.165, 1.54) is 12.1 Å². The van der Waals surface area contributed by atoms with Gasteiger partial charge in [0.05, 0.1) is 11.0 Å². The van der Waals surface area contributed by atoms with Crippen LogP contribution < -0.4 is 5.32 Å². The number of alkyl halides is 4. The Morgan fingerprint density at radius 2 is 1.91 bits per heavy atom. The van der Waals surface area contributed by atoms with Crippen LogP contribution in [0.15, 0.2) is 24.3 Å². The molecule has 0 heterocycles. The molecule has 0 spiro atoms. The normalized spacial score (nSPS) is 34.8. The minimum Gasteiger partial charge on any atom is -0.326 e. The topological polar surface area (TPSA) is 29.1 Å². The zero-order valence-electron chi connectivity index (χ0n) is 13.2. The number of hydrogen-bond donors (Lipinski definition) is 1. The minimum atomic E-state index is -4.42. The lowest BCUT2D eigenvalue weighted by Gasteiger charge is -2.64. The van der Waals surface area contributed by atoms with Crippen LogP contribution in [0.4, 0.5) is 18.9 Å². The van der Waals surface area contributed by atoms with Gasteiger partial charge in [0.25, 0.3) is 0 Å². The van der Waals surface area contributed by atoms with Crippen LogP contribution >= 0.6 is 15.9 Å². The molecule has 0 unspecified atom stereocenters. The molecule has 1 amide bonds. The number of amides is 1. The van der Waals surface area contributed by atoms with Crippen molar-refractivity contribution in [3.63, 3.8) is 0 Å². The molecule has 0 aliphatic heterocycles. The number of halogens is 4. The first-order valence-corrected chi connectivity index (χ1v) is 8.51. The lowest BCUT2D eigenvalue weighted by molar-refractivity contribution is -0.156. The standard InChI is InChI=1S/C17H19BrF3NO/c1-14(2)15(3)7-8-16(14,12(15)18)13(23)22-11-6-4-5-10(9-11)17(19,20)21/h4-6,9,12H,7-8H2,1-3H3,(H,22,23)/t12-,15-,16+/m1/s1. The average molecular weight is 390 g/mol. The van der Waals surface area contributed by atoms with Crippen LogP contribution in [0.25, 0.3) is 0 Å². The van der Waals surface area contributed by atoms with Crippen molar-refractivity contribution in [3.05, 3.63) is 29.8 Å². The molecule has 3 fully saturated rings. The van der Waals surface area contributed by atoms with Gasteiger partial charge in [-0.05, 0) is 41.9 Å². The van der Waals surface area contributed by atoms with Crippen LogP contribution in [-0.2, 0) is 11.0 Å². The summed E-state index contributed by atoms with van der Waals surface area (Å²) in [6.45, 7) is 6.31. The van der Waals surface area contributed by atoms with Crippen molar-refractivity contribution in [1.82, 2.24) is 0 Å². The average Bonchev–Trinajstić information content (AvgIpc) is 2.86. The number of carbonyl (C=O) groups excluding carboxylic acids is 1. The third-order valence-corrected chi connectivity index (χ3v) is 8.22. The van der Waals surface area contributed by atoms with E-state index in [4.69, 9.17) is 0 Å². The molecule has 0 saturated heterocycles. The molecule has 23 heavy (non-hydrogen) atoms. The van der Waals surface area contributed by atoms with Gasteiger partial charge in [0.15, 0.2) is 0 Å². The molecule has 1 aromatic carbocycles. The van der Waals surface area contributed by atoms with E-state index >= 15 is 0 Å². The van der Waals surface area contributed by atoms with E-state index in [2.05, 4.69) is 42.0 Å². The fourth-order valence-electron chi connectivity index (χ4n) is 4.47. The zero-order chi connectivity index (χ0) is 17.3. The summed E-state index contributed by atoms with van der Waals surface area (Å²) in [6, 6.07) is 4.79. The number of benzene rings is 1. The fraction of sp³-hybridized carbons (Fsp3) is 0.588. The summed E-state index contributed by atoms with van der Waals surface area (Å²) in [5, 5.41) is 2.71. The molecule has 3 atom stereocenters.